The van der Waals surface area contributed by atoms with E-state index in [0.29, 0.717) is 110 Å². The Kier molecular flexibility index (Phi) is 22.1. The number of aromatic nitrogens is 6. The van der Waals surface area contributed by atoms with E-state index in [2.05, 4.69) is 84.4 Å². The van der Waals surface area contributed by atoms with Crippen LogP contribution in [0.2, 0.25) is 5.28 Å². The normalized spacial score (nSPS) is 19.7. The first kappa shape index (κ1) is 63.8. The van der Waals surface area contributed by atoms with Crippen LogP contribution in [0, 0.1) is 36.6 Å². The monoisotopic (exact) mass is 1220 g/mol. The predicted molar refractivity (Wildman–Crippen MR) is 338 cm³/mol. The molecule has 0 saturated carbocycles. The van der Waals surface area contributed by atoms with Gasteiger partial charge in [0, 0.05) is 109 Å². The standard InChI is InChI=1S/C28H22F2N4OS.C24H19F2N7S.C8H19N.C4H3ClN2/c1-31-21-8-10-25(33-15-21)24(30)12-18-7-9-23(29)22(11-18)28-17-32-14-20(28)16-36-27(34-28)13-26(35)19-5-3-2-4-6-19;1-28-17-4-6-21(31-11-17)20(26)10-15-3-5-19(25)18(9-15)24-14-33(23-29-7-2-8-30-23)12-16(24)13-34-22(27)32-24;1-6-9(7(2)3)8(4)5;5-4-6-2-1-3-7-4/h2-12,15,20,32H,13-14,16-17H2;2-11,16H,12-14H2,(H2,27,32);7-8H,6H2,1-5H3;1-3H/b24-12-;20-10-;;/t20-,28-;16-,24-;;/m00../s1. The van der Waals surface area contributed by atoms with Crippen LogP contribution in [0.15, 0.2) is 150 Å². The van der Waals surface area contributed by atoms with Crippen molar-refractivity contribution in [2.24, 2.45) is 27.6 Å². The van der Waals surface area contributed by atoms with Crippen molar-refractivity contribution in [3.63, 3.8) is 0 Å². The number of rotatable bonds is 13. The van der Waals surface area contributed by atoms with Gasteiger partial charge in [-0.25, -0.2) is 52.2 Å². The molecule has 3 aromatic carbocycles. The molecule has 22 heteroatoms. The van der Waals surface area contributed by atoms with E-state index in [1.807, 2.05) is 23.1 Å². The molecule has 15 nitrogen and oxygen atoms in total. The number of fused-ring (bicyclic) bond motifs is 2. The van der Waals surface area contributed by atoms with Crippen molar-refractivity contribution < 1.29 is 22.4 Å². The summed E-state index contributed by atoms with van der Waals surface area (Å²) in [5, 5.41) is 4.70. The summed E-state index contributed by atoms with van der Waals surface area (Å²) in [5.41, 5.74) is 7.47. The fourth-order valence-electron chi connectivity index (χ4n) is 10.6. The van der Waals surface area contributed by atoms with Gasteiger partial charge in [0.2, 0.25) is 22.6 Å². The molecule has 4 atom stereocenters. The predicted octanol–water partition coefficient (Wildman–Crippen LogP) is 13.7. The number of amidine groups is 1. The van der Waals surface area contributed by atoms with Crippen molar-refractivity contribution in [1.29, 1.82) is 0 Å². The molecule has 0 spiro atoms. The lowest BCUT2D eigenvalue weighted by Crippen LogP contribution is -2.40. The zero-order chi connectivity index (χ0) is 61.4. The number of carbonyl (C=O) groups excluding carboxylic acids is 1. The molecule has 0 radical (unpaired) electrons. The molecular weight excluding hydrogens is 1160 g/mol. The summed E-state index contributed by atoms with van der Waals surface area (Å²) < 4.78 is 60.3. The van der Waals surface area contributed by atoms with Crippen LogP contribution in [0.25, 0.3) is 33.5 Å². The van der Waals surface area contributed by atoms with Crippen LogP contribution in [-0.4, -0.2) is 107 Å². The lowest BCUT2D eigenvalue weighted by atomic mass is 9.80. The summed E-state index contributed by atoms with van der Waals surface area (Å²) in [7, 11) is 0. The second-order valence-corrected chi connectivity index (χ2v) is 23.3. The van der Waals surface area contributed by atoms with Gasteiger partial charge in [-0.3, -0.25) is 24.7 Å². The Bertz CT molecular complexity index is 3660. The number of nitrogens with zero attached hydrogens (tertiary/aromatic N) is 12. The summed E-state index contributed by atoms with van der Waals surface area (Å²) in [4.78, 5) is 57.4. The van der Waals surface area contributed by atoms with Gasteiger partial charge in [0.1, 0.15) is 34.4 Å². The molecule has 2 fully saturated rings. The Labute approximate surface area is 512 Å². The van der Waals surface area contributed by atoms with Gasteiger partial charge in [-0.05, 0) is 118 Å². The lowest BCUT2D eigenvalue weighted by Gasteiger charge is -2.36. The first-order valence-corrected chi connectivity index (χ1v) is 30.0. The average molecular weight is 1220 g/mol. The molecule has 7 aromatic rings. The molecule has 0 unspecified atom stereocenters. The molecule has 3 N–H and O–H groups in total. The third kappa shape index (κ3) is 15.8. The molecule has 2 saturated heterocycles. The van der Waals surface area contributed by atoms with Gasteiger partial charge >= 0.3 is 0 Å². The number of carbonyl (C=O) groups is 1. The third-order valence-corrected chi connectivity index (χ3v) is 17.0. The maximum atomic E-state index is 15.3. The van der Waals surface area contributed by atoms with E-state index in [1.54, 1.807) is 72.9 Å². The van der Waals surface area contributed by atoms with Crippen molar-refractivity contribution in [2.45, 2.75) is 64.2 Å². The first-order valence-electron chi connectivity index (χ1n) is 27.7. The largest absolute Gasteiger partial charge is 0.379 e. The minimum atomic E-state index is -0.936. The van der Waals surface area contributed by atoms with Crippen LogP contribution in [0.3, 0.4) is 0 Å². The zero-order valence-electron chi connectivity index (χ0n) is 48.0. The Morgan fingerprint density at radius 3 is 1.78 bits per heavy atom. The summed E-state index contributed by atoms with van der Waals surface area (Å²) in [6, 6.07) is 28.7. The van der Waals surface area contributed by atoms with Crippen molar-refractivity contribution in [1.82, 2.24) is 40.1 Å². The zero-order valence-corrected chi connectivity index (χ0v) is 50.3. The molecule has 4 aliphatic heterocycles. The van der Waals surface area contributed by atoms with Crippen LogP contribution in [-0.2, 0) is 11.1 Å². The highest BCUT2D eigenvalue weighted by atomic mass is 35.5. The lowest BCUT2D eigenvalue weighted by molar-refractivity contribution is 0.100. The average Bonchev–Trinajstić information content (AvgIpc) is 1.66. The number of pyridine rings is 2. The quantitative estimate of drug-likeness (QED) is 0.0484. The summed E-state index contributed by atoms with van der Waals surface area (Å²) in [6.07, 6.45) is 11.9. The molecule has 11 rings (SSSR count). The Morgan fingerprint density at radius 2 is 1.29 bits per heavy atom. The molecular formula is C64H63ClF4N14OS2. The van der Waals surface area contributed by atoms with Gasteiger partial charge in [0.25, 0.3) is 0 Å². The third-order valence-electron chi connectivity index (χ3n) is 14.7. The van der Waals surface area contributed by atoms with Crippen LogP contribution in [0.1, 0.15) is 85.0 Å². The first-order chi connectivity index (χ1) is 41.4. The van der Waals surface area contributed by atoms with Gasteiger partial charge in [0.05, 0.1) is 42.5 Å². The summed E-state index contributed by atoms with van der Waals surface area (Å²) >= 11 is 8.30. The van der Waals surface area contributed by atoms with Gasteiger partial charge in [-0.15, -0.1) is 11.8 Å². The molecule has 4 aliphatic rings. The van der Waals surface area contributed by atoms with Crippen LogP contribution in [0.4, 0.5) is 34.9 Å². The number of nitrogens with one attached hydrogen (secondary N) is 1. The summed E-state index contributed by atoms with van der Waals surface area (Å²) in [5.74, 6) is -0.108. The Morgan fingerprint density at radius 1 is 0.744 bits per heavy atom. The molecule has 86 heavy (non-hydrogen) atoms. The summed E-state index contributed by atoms with van der Waals surface area (Å²) in [6.45, 7) is 28.4. The highest BCUT2D eigenvalue weighted by Crippen LogP contribution is 2.48. The SMILES string of the molecule is CCN(C(C)C)C(C)C.Clc1ncccn1.[C-]#[N+]c1ccc(/C(F)=C/c2ccc(F)c([C@]34CN(c5ncccn5)C[C@H]3CSC(N)=N4)c2)nc1.[C-]#[N+]c1ccc(/C(F)=C/c2ccc(F)c([C@]34CNC[C@H]3CSC(CC(=O)c3ccccc3)=N4)c2)nc1. The number of halogens is 5. The number of anilines is 1. The number of nitrogens with two attached hydrogens (primary N) is 1. The Hall–Kier alpha value is -8.18. The van der Waals surface area contributed by atoms with E-state index in [1.165, 1.54) is 84.8 Å². The minimum Gasteiger partial charge on any atom is -0.379 e. The second kappa shape index (κ2) is 29.8. The highest BCUT2D eigenvalue weighted by Gasteiger charge is 2.52. The Balaban J connectivity index is 0.000000178. The number of aliphatic imine (C=N–C) groups is 2. The number of thioether (sulfide) groups is 2. The number of benzene rings is 3. The van der Waals surface area contributed by atoms with Gasteiger partial charge in [-0.1, -0.05) is 73.3 Å². The molecule has 0 amide bonds. The van der Waals surface area contributed by atoms with Gasteiger partial charge in [-0.2, -0.15) is 0 Å². The highest BCUT2D eigenvalue weighted by molar-refractivity contribution is 8.14. The fraction of sp³-hybridized carbons (Fsp3) is 0.297. The second-order valence-electron chi connectivity index (χ2n) is 20.9. The van der Waals surface area contributed by atoms with E-state index in [0.717, 1.165) is 6.54 Å². The van der Waals surface area contributed by atoms with Crippen molar-refractivity contribution in [2.75, 3.05) is 49.1 Å². The van der Waals surface area contributed by atoms with E-state index in [9.17, 15) is 13.6 Å². The molecule has 0 aliphatic carbocycles. The van der Waals surface area contributed by atoms with Crippen molar-refractivity contribution >= 4 is 92.2 Å². The van der Waals surface area contributed by atoms with Crippen molar-refractivity contribution in [3.05, 3.63) is 219 Å². The van der Waals surface area contributed by atoms with Crippen LogP contribution < -0.4 is 16.0 Å². The molecule has 8 heterocycles. The maximum Gasteiger partial charge on any atom is 0.225 e. The van der Waals surface area contributed by atoms with Crippen LogP contribution >= 0.6 is 35.1 Å². The van der Waals surface area contributed by atoms with Gasteiger partial charge in [0.15, 0.2) is 11.0 Å². The number of hydrogen-bond acceptors (Lipinski definition) is 15. The van der Waals surface area contributed by atoms with Crippen LogP contribution in [0.5, 0.6) is 0 Å². The molecule has 0 bridgehead atoms. The molecule has 442 valence electrons. The minimum absolute atomic E-state index is 0.0302. The van der Waals surface area contributed by atoms with E-state index < -0.39 is 34.4 Å². The van der Waals surface area contributed by atoms with Crippen molar-refractivity contribution in [3.8, 4) is 0 Å². The van der Waals surface area contributed by atoms with E-state index in [-0.39, 0.29) is 35.4 Å². The van der Waals surface area contributed by atoms with E-state index >= 15 is 8.78 Å². The maximum absolute atomic E-state index is 15.3. The van der Waals surface area contributed by atoms with Gasteiger partial charge < -0.3 is 16.0 Å². The molecule has 4 aromatic heterocycles. The fourth-order valence-corrected chi connectivity index (χ4v) is 13.0. The van der Waals surface area contributed by atoms with E-state index in [4.69, 9.17) is 40.5 Å². The number of hydrogen-bond donors (Lipinski definition) is 2. The number of Topliss-reactive ketones (excluding diaryl/α,β-unsaturated/α-hetero) is 1. The number of ketones is 1. The smallest absolute Gasteiger partial charge is 0.225 e. The topological polar surface area (TPSA) is 172 Å².